The summed E-state index contributed by atoms with van der Waals surface area (Å²) in [6, 6.07) is 11.6. The van der Waals surface area contributed by atoms with Gasteiger partial charge in [0.2, 0.25) is 0 Å². The molecule has 1 aromatic carbocycles. The lowest BCUT2D eigenvalue weighted by molar-refractivity contribution is 0.102. The van der Waals surface area contributed by atoms with Crippen LogP contribution in [0.4, 0.5) is 5.69 Å². The fourth-order valence-corrected chi connectivity index (χ4v) is 2.30. The van der Waals surface area contributed by atoms with Gasteiger partial charge in [0, 0.05) is 23.3 Å². The predicted octanol–water partition coefficient (Wildman–Crippen LogP) is 3.57. The Hall–Kier alpha value is -2.69. The number of anilines is 1. The highest BCUT2D eigenvalue weighted by Gasteiger charge is 2.12. The Kier molecular flexibility index (Phi) is 3.63. The second kappa shape index (κ2) is 5.60. The minimum atomic E-state index is -0.215. The molecule has 0 atom stereocenters. The quantitative estimate of drug-likeness (QED) is 0.803. The molecule has 2 heterocycles. The van der Waals surface area contributed by atoms with E-state index in [0.29, 0.717) is 5.69 Å². The molecule has 5 nitrogen and oxygen atoms in total. The zero-order valence-corrected chi connectivity index (χ0v) is 12.9. The Morgan fingerprint density at radius 2 is 2.00 bits per heavy atom. The Labute approximate surface area is 129 Å². The fourth-order valence-electron chi connectivity index (χ4n) is 2.30. The maximum atomic E-state index is 12.4. The minimum absolute atomic E-state index is 0.215. The number of nitrogens with zero attached hydrogens (tertiary/aromatic N) is 3. The molecule has 0 radical (unpaired) electrons. The highest BCUT2D eigenvalue weighted by Crippen LogP contribution is 2.22. The summed E-state index contributed by atoms with van der Waals surface area (Å²) >= 11 is 0. The summed E-state index contributed by atoms with van der Waals surface area (Å²) in [5.41, 5.74) is 2.97. The maximum Gasteiger partial charge on any atom is 0.276 e. The van der Waals surface area contributed by atoms with Crippen LogP contribution in [0.15, 0.2) is 42.6 Å². The zero-order valence-electron chi connectivity index (χ0n) is 12.9. The van der Waals surface area contributed by atoms with Crippen LogP contribution >= 0.6 is 0 Å². The van der Waals surface area contributed by atoms with Gasteiger partial charge in [0.05, 0.1) is 11.2 Å². The van der Waals surface area contributed by atoms with Crippen LogP contribution in [-0.2, 0) is 0 Å². The Bertz CT molecular complexity index is 836. The molecule has 3 rings (SSSR count). The summed E-state index contributed by atoms with van der Waals surface area (Å²) in [6.07, 6.45) is 1.81. The van der Waals surface area contributed by atoms with Crippen LogP contribution in [0.3, 0.4) is 0 Å². The summed E-state index contributed by atoms with van der Waals surface area (Å²) in [5, 5.41) is 8.13. The van der Waals surface area contributed by atoms with Crippen molar-refractivity contribution in [2.75, 3.05) is 5.32 Å². The largest absolute Gasteiger partial charge is 0.320 e. The van der Waals surface area contributed by atoms with Gasteiger partial charge in [-0.25, -0.2) is 0 Å². The molecule has 0 aliphatic heterocycles. The van der Waals surface area contributed by atoms with E-state index in [1.165, 1.54) is 0 Å². The molecule has 0 fully saturated rings. The number of amides is 1. The van der Waals surface area contributed by atoms with Gasteiger partial charge in [-0.2, -0.15) is 5.10 Å². The SMILES string of the molecule is Cc1ccc2c(NC(=O)c3ccn(C(C)C)n3)cccc2n1. The molecule has 0 saturated heterocycles. The van der Waals surface area contributed by atoms with E-state index in [-0.39, 0.29) is 11.9 Å². The van der Waals surface area contributed by atoms with Crippen LogP contribution in [0, 0.1) is 6.92 Å². The van der Waals surface area contributed by atoms with Crippen LogP contribution in [-0.4, -0.2) is 20.7 Å². The predicted molar refractivity (Wildman–Crippen MR) is 87.0 cm³/mol. The maximum absolute atomic E-state index is 12.4. The molecular formula is C17H18N4O. The molecule has 5 heteroatoms. The number of benzene rings is 1. The smallest absolute Gasteiger partial charge is 0.276 e. The first-order chi connectivity index (χ1) is 10.5. The number of carbonyl (C=O) groups is 1. The number of aromatic nitrogens is 3. The Balaban J connectivity index is 1.90. The van der Waals surface area contributed by atoms with Crippen molar-refractivity contribution >= 4 is 22.5 Å². The van der Waals surface area contributed by atoms with E-state index in [1.54, 1.807) is 10.7 Å². The molecule has 0 saturated carbocycles. The van der Waals surface area contributed by atoms with E-state index >= 15 is 0 Å². The van der Waals surface area contributed by atoms with Gasteiger partial charge in [-0.3, -0.25) is 14.5 Å². The Morgan fingerprint density at radius 3 is 2.73 bits per heavy atom. The highest BCUT2D eigenvalue weighted by molar-refractivity contribution is 6.07. The lowest BCUT2D eigenvalue weighted by Gasteiger charge is -2.08. The van der Waals surface area contributed by atoms with Crippen molar-refractivity contribution in [2.24, 2.45) is 0 Å². The lowest BCUT2D eigenvalue weighted by Crippen LogP contribution is -2.14. The second-order valence-electron chi connectivity index (χ2n) is 5.55. The summed E-state index contributed by atoms with van der Waals surface area (Å²) in [4.78, 5) is 16.8. The van der Waals surface area contributed by atoms with Crippen molar-refractivity contribution < 1.29 is 4.79 Å². The van der Waals surface area contributed by atoms with Gasteiger partial charge in [0.15, 0.2) is 5.69 Å². The molecule has 0 spiro atoms. The van der Waals surface area contributed by atoms with Gasteiger partial charge in [0.1, 0.15) is 0 Å². The van der Waals surface area contributed by atoms with Crippen molar-refractivity contribution in [3.8, 4) is 0 Å². The van der Waals surface area contributed by atoms with Crippen LogP contribution in [0.2, 0.25) is 0 Å². The first kappa shape index (κ1) is 14.3. The van der Waals surface area contributed by atoms with Gasteiger partial charge in [-0.1, -0.05) is 6.07 Å². The van der Waals surface area contributed by atoms with E-state index in [0.717, 1.165) is 22.3 Å². The van der Waals surface area contributed by atoms with Crippen molar-refractivity contribution in [3.63, 3.8) is 0 Å². The number of aryl methyl sites for hydroxylation is 1. The Morgan fingerprint density at radius 1 is 1.18 bits per heavy atom. The number of hydrogen-bond donors (Lipinski definition) is 1. The average molecular weight is 294 g/mol. The lowest BCUT2D eigenvalue weighted by atomic mass is 10.1. The van der Waals surface area contributed by atoms with Crippen molar-refractivity contribution in [3.05, 3.63) is 54.0 Å². The third kappa shape index (κ3) is 2.70. The molecule has 2 aromatic heterocycles. The monoisotopic (exact) mass is 294 g/mol. The first-order valence-corrected chi connectivity index (χ1v) is 7.27. The van der Waals surface area contributed by atoms with Gasteiger partial charge >= 0.3 is 0 Å². The van der Waals surface area contributed by atoms with Gasteiger partial charge < -0.3 is 5.32 Å². The number of fused-ring (bicyclic) bond motifs is 1. The fraction of sp³-hybridized carbons (Fsp3) is 0.235. The minimum Gasteiger partial charge on any atom is -0.320 e. The first-order valence-electron chi connectivity index (χ1n) is 7.27. The third-order valence-corrected chi connectivity index (χ3v) is 3.49. The number of pyridine rings is 1. The van der Waals surface area contributed by atoms with Crippen molar-refractivity contribution in [1.29, 1.82) is 0 Å². The van der Waals surface area contributed by atoms with Crippen LogP contribution in [0.1, 0.15) is 36.1 Å². The van der Waals surface area contributed by atoms with E-state index in [1.807, 2.05) is 57.3 Å². The third-order valence-electron chi connectivity index (χ3n) is 3.49. The van der Waals surface area contributed by atoms with Crippen molar-refractivity contribution in [1.82, 2.24) is 14.8 Å². The van der Waals surface area contributed by atoms with Crippen LogP contribution in [0.25, 0.3) is 10.9 Å². The summed E-state index contributed by atoms with van der Waals surface area (Å²) in [6.45, 7) is 5.99. The summed E-state index contributed by atoms with van der Waals surface area (Å²) in [7, 11) is 0. The van der Waals surface area contributed by atoms with E-state index in [4.69, 9.17) is 0 Å². The number of nitrogens with one attached hydrogen (secondary N) is 1. The van der Waals surface area contributed by atoms with Gasteiger partial charge in [-0.15, -0.1) is 0 Å². The molecule has 1 amide bonds. The molecule has 0 aliphatic rings. The molecule has 112 valence electrons. The molecule has 22 heavy (non-hydrogen) atoms. The standard InChI is InChI=1S/C17H18N4O/c1-11(2)21-10-9-16(20-21)17(22)19-15-6-4-5-14-13(15)8-7-12(3)18-14/h4-11H,1-3H3,(H,19,22). The van der Waals surface area contributed by atoms with E-state index < -0.39 is 0 Å². The topological polar surface area (TPSA) is 59.8 Å². The molecule has 0 aliphatic carbocycles. The molecule has 0 unspecified atom stereocenters. The summed E-state index contributed by atoms with van der Waals surface area (Å²) in [5.74, 6) is -0.215. The van der Waals surface area contributed by atoms with Crippen molar-refractivity contribution in [2.45, 2.75) is 26.8 Å². The number of hydrogen-bond acceptors (Lipinski definition) is 3. The molecular weight excluding hydrogens is 276 g/mol. The second-order valence-corrected chi connectivity index (χ2v) is 5.55. The highest BCUT2D eigenvalue weighted by atomic mass is 16.1. The average Bonchev–Trinajstić information content (AvgIpc) is 2.97. The van der Waals surface area contributed by atoms with Gasteiger partial charge in [0.25, 0.3) is 5.91 Å². The molecule has 0 bridgehead atoms. The zero-order chi connectivity index (χ0) is 15.7. The molecule has 1 N–H and O–H groups in total. The summed E-state index contributed by atoms with van der Waals surface area (Å²) < 4.78 is 1.77. The van der Waals surface area contributed by atoms with Gasteiger partial charge in [-0.05, 0) is 51.1 Å². The van der Waals surface area contributed by atoms with E-state index in [2.05, 4.69) is 15.4 Å². The van der Waals surface area contributed by atoms with E-state index in [9.17, 15) is 4.79 Å². The van der Waals surface area contributed by atoms with Crippen LogP contribution in [0.5, 0.6) is 0 Å². The number of rotatable bonds is 3. The normalized spacial score (nSPS) is 11.1. The van der Waals surface area contributed by atoms with Crippen LogP contribution < -0.4 is 5.32 Å². The molecule has 3 aromatic rings. The number of carbonyl (C=O) groups excluding carboxylic acids is 1.